The zero-order valence-electron chi connectivity index (χ0n) is 15.3. The van der Waals surface area contributed by atoms with Crippen LogP contribution < -0.4 is 5.32 Å². The van der Waals surface area contributed by atoms with Crippen molar-refractivity contribution in [2.45, 2.75) is 37.8 Å². The molecule has 138 valence electrons. The van der Waals surface area contributed by atoms with Crippen LogP contribution in [0.3, 0.4) is 0 Å². The van der Waals surface area contributed by atoms with Crippen LogP contribution in [-0.4, -0.2) is 39.9 Å². The van der Waals surface area contributed by atoms with Gasteiger partial charge in [-0.2, -0.15) is 0 Å². The first-order chi connectivity index (χ1) is 13.2. The third kappa shape index (κ3) is 3.13. The summed E-state index contributed by atoms with van der Waals surface area (Å²) in [5, 5.41) is 3.79. The lowest BCUT2D eigenvalue weighted by Gasteiger charge is -2.35. The molecule has 27 heavy (non-hydrogen) atoms. The number of benzene rings is 1. The lowest BCUT2D eigenvalue weighted by Crippen LogP contribution is -2.43. The first kappa shape index (κ1) is 16.8. The zero-order valence-corrected chi connectivity index (χ0v) is 16.1. The molecule has 0 aliphatic carbocycles. The van der Waals surface area contributed by atoms with Crippen molar-refractivity contribution in [2.24, 2.45) is 5.92 Å². The van der Waals surface area contributed by atoms with Crippen LogP contribution in [0.15, 0.2) is 42.7 Å². The van der Waals surface area contributed by atoms with Crippen LogP contribution >= 0.6 is 11.3 Å². The molecule has 5 nitrogen and oxygen atoms in total. The van der Waals surface area contributed by atoms with E-state index in [2.05, 4.69) is 39.4 Å². The first-order valence-corrected chi connectivity index (χ1v) is 10.3. The maximum absolute atomic E-state index is 12.8. The van der Waals surface area contributed by atoms with E-state index in [1.807, 2.05) is 18.2 Å². The summed E-state index contributed by atoms with van der Waals surface area (Å²) in [5.41, 5.74) is 3.20. The van der Waals surface area contributed by atoms with Gasteiger partial charge in [0.2, 0.25) is 5.91 Å². The highest BCUT2D eigenvalue weighted by atomic mass is 32.1. The number of rotatable bonds is 3. The Morgan fingerprint density at radius 1 is 1.11 bits per heavy atom. The predicted molar refractivity (Wildman–Crippen MR) is 109 cm³/mol. The highest BCUT2D eigenvalue weighted by molar-refractivity contribution is 7.22. The van der Waals surface area contributed by atoms with E-state index in [0.29, 0.717) is 17.2 Å². The molecule has 2 aromatic heterocycles. The van der Waals surface area contributed by atoms with Gasteiger partial charge >= 0.3 is 0 Å². The molecular weight excluding hydrogens is 356 g/mol. The average molecular weight is 379 g/mol. The molecule has 3 atom stereocenters. The Kier molecular flexibility index (Phi) is 4.17. The summed E-state index contributed by atoms with van der Waals surface area (Å²) in [6, 6.07) is 11.4. The number of carbonyl (C=O) groups excluding carboxylic acids is 1. The van der Waals surface area contributed by atoms with E-state index in [9.17, 15) is 4.79 Å². The quantitative estimate of drug-likeness (QED) is 0.743. The molecule has 2 aliphatic rings. The number of hydrogen-bond donors (Lipinski definition) is 1. The van der Waals surface area contributed by atoms with Crippen molar-refractivity contribution in [3.05, 3.63) is 42.7 Å². The molecule has 1 N–H and O–H groups in total. The van der Waals surface area contributed by atoms with E-state index in [1.54, 1.807) is 23.7 Å². The highest BCUT2D eigenvalue weighted by Gasteiger charge is 2.40. The lowest BCUT2D eigenvalue weighted by atomic mass is 9.90. The molecule has 2 saturated heterocycles. The van der Waals surface area contributed by atoms with Crippen molar-refractivity contribution in [3.63, 3.8) is 0 Å². The number of carbonyl (C=O) groups is 1. The maximum Gasteiger partial charge on any atom is 0.229 e. The van der Waals surface area contributed by atoms with E-state index in [0.717, 1.165) is 34.2 Å². The number of aromatic nitrogens is 2. The second-order valence-electron chi connectivity index (χ2n) is 7.65. The molecule has 1 aromatic carbocycles. The van der Waals surface area contributed by atoms with Crippen LogP contribution in [0.5, 0.6) is 0 Å². The van der Waals surface area contributed by atoms with Gasteiger partial charge in [-0.25, -0.2) is 4.98 Å². The van der Waals surface area contributed by atoms with Gasteiger partial charge in [0.15, 0.2) is 5.13 Å². The van der Waals surface area contributed by atoms with Crippen LogP contribution in [-0.2, 0) is 4.79 Å². The highest BCUT2D eigenvalue weighted by Crippen LogP contribution is 2.38. The minimum Gasteiger partial charge on any atom is -0.302 e. The topological polar surface area (TPSA) is 58.1 Å². The Hall–Kier alpha value is -2.31. The van der Waals surface area contributed by atoms with Gasteiger partial charge in [-0.15, -0.1) is 0 Å². The van der Waals surface area contributed by atoms with Gasteiger partial charge in [0.05, 0.1) is 10.2 Å². The average Bonchev–Trinajstić information content (AvgIpc) is 3.15. The SMILES string of the molecule is CN1[C@@H]2CC[C@H]1CC(C(=O)Nc1nc3ccc(-c4ccncc4)cc3s1)C2. The molecule has 3 aromatic rings. The minimum atomic E-state index is 0.109. The Bertz CT molecular complexity index is 972. The Morgan fingerprint density at radius 2 is 1.85 bits per heavy atom. The number of fused-ring (bicyclic) bond motifs is 3. The summed E-state index contributed by atoms with van der Waals surface area (Å²) in [6.07, 6.45) is 7.98. The fraction of sp³-hybridized carbons (Fsp3) is 0.381. The molecule has 6 heteroatoms. The van der Waals surface area contributed by atoms with Crippen LogP contribution in [0.25, 0.3) is 21.3 Å². The predicted octanol–water partition coefficient (Wildman–Crippen LogP) is 4.17. The standard InChI is InChI=1S/C21H22N4OS/c1-25-16-3-4-17(25)11-15(10-16)20(26)24-21-23-18-5-2-14(12-19(18)27-21)13-6-8-22-9-7-13/h2,5-9,12,15-17H,3-4,10-11H2,1H3,(H,23,24,26)/t15?,16-,17+. The summed E-state index contributed by atoms with van der Waals surface area (Å²) in [4.78, 5) is 23.9. The molecule has 0 radical (unpaired) electrons. The van der Waals surface area contributed by atoms with Crippen molar-refractivity contribution >= 4 is 32.6 Å². The summed E-state index contributed by atoms with van der Waals surface area (Å²) >= 11 is 1.55. The molecule has 4 heterocycles. The summed E-state index contributed by atoms with van der Waals surface area (Å²) in [7, 11) is 2.20. The van der Waals surface area contributed by atoms with Gasteiger partial charge in [-0.3, -0.25) is 9.78 Å². The number of nitrogens with zero attached hydrogens (tertiary/aromatic N) is 3. The summed E-state index contributed by atoms with van der Waals surface area (Å²) in [6.45, 7) is 0. The van der Waals surface area contributed by atoms with E-state index >= 15 is 0 Å². The number of amides is 1. The molecule has 1 amide bonds. The van der Waals surface area contributed by atoms with Gasteiger partial charge in [-0.05, 0) is 68.1 Å². The third-order valence-electron chi connectivity index (χ3n) is 6.10. The van der Waals surface area contributed by atoms with Gasteiger partial charge < -0.3 is 10.2 Å². The molecule has 1 unspecified atom stereocenters. The smallest absolute Gasteiger partial charge is 0.229 e. The van der Waals surface area contributed by atoms with Gasteiger partial charge in [0.1, 0.15) is 0 Å². The molecule has 2 aliphatic heterocycles. The lowest BCUT2D eigenvalue weighted by molar-refractivity contribution is -0.122. The van der Waals surface area contributed by atoms with E-state index < -0.39 is 0 Å². The number of anilines is 1. The van der Waals surface area contributed by atoms with Crippen LogP contribution in [0.2, 0.25) is 0 Å². The summed E-state index contributed by atoms with van der Waals surface area (Å²) < 4.78 is 1.09. The largest absolute Gasteiger partial charge is 0.302 e. The molecule has 2 fully saturated rings. The zero-order chi connectivity index (χ0) is 18.4. The van der Waals surface area contributed by atoms with Crippen molar-refractivity contribution < 1.29 is 4.79 Å². The van der Waals surface area contributed by atoms with Gasteiger partial charge in [0.25, 0.3) is 0 Å². The fourth-order valence-corrected chi connectivity index (χ4v) is 5.44. The summed E-state index contributed by atoms with van der Waals surface area (Å²) in [5.74, 6) is 0.242. The number of piperidine rings is 1. The van der Waals surface area contributed by atoms with Crippen molar-refractivity contribution in [3.8, 4) is 11.1 Å². The number of hydrogen-bond acceptors (Lipinski definition) is 5. The number of nitrogens with one attached hydrogen (secondary N) is 1. The van der Waals surface area contributed by atoms with Gasteiger partial charge in [-0.1, -0.05) is 17.4 Å². The molecule has 5 rings (SSSR count). The second kappa shape index (κ2) is 6.69. The third-order valence-corrected chi connectivity index (χ3v) is 7.03. The number of thiazole rings is 1. The Labute approximate surface area is 162 Å². The fourth-order valence-electron chi connectivity index (χ4n) is 4.54. The molecule has 0 saturated carbocycles. The van der Waals surface area contributed by atoms with Crippen LogP contribution in [0, 0.1) is 5.92 Å². The van der Waals surface area contributed by atoms with E-state index in [4.69, 9.17) is 0 Å². The van der Waals surface area contributed by atoms with Crippen molar-refractivity contribution in [1.82, 2.24) is 14.9 Å². The normalized spacial score (nSPS) is 25.0. The van der Waals surface area contributed by atoms with Crippen LogP contribution in [0.4, 0.5) is 5.13 Å². The monoisotopic (exact) mass is 378 g/mol. The molecule has 0 spiro atoms. The Morgan fingerprint density at radius 3 is 2.59 bits per heavy atom. The number of pyridine rings is 1. The first-order valence-electron chi connectivity index (χ1n) is 9.51. The Balaban J connectivity index is 1.34. The second-order valence-corrected chi connectivity index (χ2v) is 8.68. The minimum absolute atomic E-state index is 0.109. The maximum atomic E-state index is 12.8. The molecular formula is C21H22N4OS. The molecule has 2 bridgehead atoms. The van der Waals surface area contributed by atoms with Crippen molar-refractivity contribution in [1.29, 1.82) is 0 Å². The van der Waals surface area contributed by atoms with Gasteiger partial charge in [0, 0.05) is 30.4 Å². The van der Waals surface area contributed by atoms with E-state index in [-0.39, 0.29) is 11.8 Å². The van der Waals surface area contributed by atoms with Crippen molar-refractivity contribution in [2.75, 3.05) is 12.4 Å². The van der Waals surface area contributed by atoms with Crippen LogP contribution in [0.1, 0.15) is 25.7 Å². The van der Waals surface area contributed by atoms with E-state index in [1.165, 1.54) is 12.8 Å².